The summed E-state index contributed by atoms with van der Waals surface area (Å²) in [7, 11) is 1.37. The lowest BCUT2D eigenvalue weighted by atomic mass is 10.1. The Kier molecular flexibility index (Phi) is 5.99. The van der Waals surface area contributed by atoms with Crippen molar-refractivity contribution in [2.24, 2.45) is 0 Å². The number of esters is 1. The molecule has 0 bridgehead atoms. The first-order valence-corrected chi connectivity index (χ1v) is 6.32. The zero-order valence-corrected chi connectivity index (χ0v) is 12.1. The molecule has 0 spiro atoms. The van der Waals surface area contributed by atoms with Gasteiger partial charge in [-0.05, 0) is 32.4 Å². The topological polar surface area (TPSA) is 44.8 Å². The first-order chi connectivity index (χ1) is 8.94. The van der Waals surface area contributed by atoms with Crippen LogP contribution in [0.1, 0.15) is 36.7 Å². The Hall–Kier alpha value is -1.39. The van der Waals surface area contributed by atoms with Gasteiger partial charge < -0.3 is 14.2 Å². The third-order valence-electron chi connectivity index (χ3n) is 2.44. The standard InChI is InChI=1S/C15H22O4/c1-15(2,3)19-10-9-18-11-12-7-5-6-8-13(12)14(16)17-4/h5-8H,9-11H2,1-4H3. The van der Waals surface area contributed by atoms with E-state index in [1.807, 2.05) is 32.9 Å². The minimum absolute atomic E-state index is 0.159. The van der Waals surface area contributed by atoms with Crippen molar-refractivity contribution in [1.82, 2.24) is 0 Å². The van der Waals surface area contributed by atoms with E-state index in [2.05, 4.69) is 0 Å². The number of ether oxygens (including phenoxy) is 3. The first-order valence-electron chi connectivity index (χ1n) is 6.32. The molecule has 0 atom stereocenters. The van der Waals surface area contributed by atoms with E-state index >= 15 is 0 Å². The molecule has 106 valence electrons. The van der Waals surface area contributed by atoms with Crippen molar-refractivity contribution < 1.29 is 19.0 Å². The van der Waals surface area contributed by atoms with Gasteiger partial charge in [-0.3, -0.25) is 0 Å². The van der Waals surface area contributed by atoms with Crippen LogP contribution in [0.3, 0.4) is 0 Å². The Morgan fingerprint density at radius 2 is 1.84 bits per heavy atom. The molecule has 0 aliphatic carbocycles. The number of carbonyl (C=O) groups is 1. The highest BCUT2D eigenvalue weighted by molar-refractivity contribution is 5.90. The first kappa shape index (κ1) is 15.7. The van der Waals surface area contributed by atoms with Crippen LogP contribution in [0.25, 0.3) is 0 Å². The van der Waals surface area contributed by atoms with Gasteiger partial charge in [0, 0.05) is 0 Å². The van der Waals surface area contributed by atoms with Crippen LogP contribution in [-0.4, -0.2) is 31.9 Å². The summed E-state index contributed by atoms with van der Waals surface area (Å²) in [5.41, 5.74) is 1.21. The van der Waals surface area contributed by atoms with E-state index in [1.54, 1.807) is 12.1 Å². The van der Waals surface area contributed by atoms with E-state index in [4.69, 9.17) is 14.2 Å². The SMILES string of the molecule is COC(=O)c1ccccc1COCCOC(C)(C)C. The molecule has 0 radical (unpaired) electrons. The van der Waals surface area contributed by atoms with Crippen LogP contribution in [-0.2, 0) is 20.8 Å². The molecule has 1 rings (SSSR count). The lowest BCUT2D eigenvalue weighted by Gasteiger charge is -2.19. The Morgan fingerprint density at radius 3 is 2.47 bits per heavy atom. The van der Waals surface area contributed by atoms with Gasteiger partial charge in [0.2, 0.25) is 0 Å². The third kappa shape index (κ3) is 5.85. The summed E-state index contributed by atoms with van der Waals surface area (Å²) in [4.78, 5) is 11.6. The van der Waals surface area contributed by atoms with Crippen molar-refractivity contribution in [3.8, 4) is 0 Å². The zero-order valence-electron chi connectivity index (χ0n) is 12.1. The zero-order chi connectivity index (χ0) is 14.3. The normalized spacial score (nSPS) is 11.4. The van der Waals surface area contributed by atoms with Gasteiger partial charge in [-0.1, -0.05) is 18.2 Å². The monoisotopic (exact) mass is 266 g/mol. The van der Waals surface area contributed by atoms with Crippen molar-refractivity contribution in [1.29, 1.82) is 0 Å². The van der Waals surface area contributed by atoms with Crippen LogP contribution in [0.4, 0.5) is 0 Å². The number of rotatable bonds is 6. The average Bonchev–Trinajstić information content (AvgIpc) is 2.36. The molecule has 0 fully saturated rings. The molecule has 0 heterocycles. The van der Waals surface area contributed by atoms with Gasteiger partial charge in [-0.25, -0.2) is 4.79 Å². The van der Waals surface area contributed by atoms with Crippen LogP contribution in [0.15, 0.2) is 24.3 Å². The van der Waals surface area contributed by atoms with Crippen LogP contribution in [0.5, 0.6) is 0 Å². The number of benzene rings is 1. The van der Waals surface area contributed by atoms with Crippen LogP contribution in [0.2, 0.25) is 0 Å². The van der Waals surface area contributed by atoms with Gasteiger partial charge in [-0.15, -0.1) is 0 Å². The van der Waals surface area contributed by atoms with E-state index in [9.17, 15) is 4.79 Å². The summed E-state index contributed by atoms with van der Waals surface area (Å²) in [5, 5.41) is 0. The number of carbonyl (C=O) groups excluding carboxylic acids is 1. The molecule has 4 nitrogen and oxygen atoms in total. The Morgan fingerprint density at radius 1 is 1.16 bits per heavy atom. The molecule has 0 unspecified atom stereocenters. The maximum Gasteiger partial charge on any atom is 0.338 e. The van der Waals surface area contributed by atoms with Gasteiger partial charge in [0.15, 0.2) is 0 Å². The van der Waals surface area contributed by atoms with E-state index < -0.39 is 0 Å². The van der Waals surface area contributed by atoms with Crippen LogP contribution < -0.4 is 0 Å². The summed E-state index contributed by atoms with van der Waals surface area (Å²) in [6.07, 6.45) is 0. The van der Waals surface area contributed by atoms with Crippen LogP contribution >= 0.6 is 0 Å². The number of methoxy groups -OCH3 is 1. The van der Waals surface area contributed by atoms with Gasteiger partial charge in [0.1, 0.15) is 0 Å². The predicted octanol–water partition coefficient (Wildman–Crippen LogP) is 2.80. The van der Waals surface area contributed by atoms with Crippen molar-refractivity contribution in [3.05, 3.63) is 35.4 Å². The molecular formula is C15H22O4. The van der Waals surface area contributed by atoms with Gasteiger partial charge in [-0.2, -0.15) is 0 Å². The third-order valence-corrected chi connectivity index (χ3v) is 2.44. The lowest BCUT2D eigenvalue weighted by Crippen LogP contribution is -2.21. The second-order valence-corrected chi connectivity index (χ2v) is 5.16. The maximum absolute atomic E-state index is 11.6. The summed E-state index contributed by atoms with van der Waals surface area (Å²) in [5.74, 6) is -0.342. The van der Waals surface area contributed by atoms with Crippen molar-refractivity contribution in [2.45, 2.75) is 33.0 Å². The molecule has 0 aromatic heterocycles. The molecule has 0 aliphatic rings. The molecule has 1 aromatic rings. The summed E-state index contributed by atoms with van der Waals surface area (Å²) in [6, 6.07) is 7.27. The highest BCUT2D eigenvalue weighted by atomic mass is 16.5. The van der Waals surface area contributed by atoms with Crippen LogP contribution in [0, 0.1) is 0 Å². The van der Waals surface area contributed by atoms with E-state index in [-0.39, 0.29) is 11.6 Å². The van der Waals surface area contributed by atoms with Crippen molar-refractivity contribution in [3.63, 3.8) is 0 Å². The molecule has 0 N–H and O–H groups in total. The highest BCUT2D eigenvalue weighted by Gasteiger charge is 2.11. The Labute approximate surface area is 114 Å². The predicted molar refractivity (Wildman–Crippen MR) is 73.1 cm³/mol. The molecule has 4 heteroatoms. The number of hydrogen-bond acceptors (Lipinski definition) is 4. The molecule has 0 amide bonds. The molecular weight excluding hydrogens is 244 g/mol. The highest BCUT2D eigenvalue weighted by Crippen LogP contribution is 2.12. The van der Waals surface area contributed by atoms with Gasteiger partial charge >= 0.3 is 5.97 Å². The quantitative estimate of drug-likeness (QED) is 0.586. The Balaban J connectivity index is 2.43. The van der Waals surface area contributed by atoms with Crippen molar-refractivity contribution >= 4 is 5.97 Å². The fourth-order valence-corrected chi connectivity index (χ4v) is 1.54. The molecule has 1 aromatic carbocycles. The fourth-order valence-electron chi connectivity index (χ4n) is 1.54. The summed E-state index contributed by atoms with van der Waals surface area (Å²) in [6.45, 7) is 7.40. The lowest BCUT2D eigenvalue weighted by molar-refractivity contribution is -0.0377. The molecule has 0 aliphatic heterocycles. The summed E-state index contributed by atoms with van der Waals surface area (Å²) < 4.78 is 15.8. The maximum atomic E-state index is 11.6. The second-order valence-electron chi connectivity index (χ2n) is 5.16. The summed E-state index contributed by atoms with van der Waals surface area (Å²) >= 11 is 0. The van der Waals surface area contributed by atoms with Gasteiger partial charge in [0.05, 0.1) is 38.1 Å². The molecule has 0 saturated carbocycles. The van der Waals surface area contributed by atoms with E-state index in [1.165, 1.54) is 7.11 Å². The van der Waals surface area contributed by atoms with Crippen molar-refractivity contribution in [2.75, 3.05) is 20.3 Å². The smallest absolute Gasteiger partial charge is 0.338 e. The van der Waals surface area contributed by atoms with E-state index in [0.29, 0.717) is 25.4 Å². The largest absolute Gasteiger partial charge is 0.465 e. The average molecular weight is 266 g/mol. The Bertz CT molecular complexity index is 407. The minimum Gasteiger partial charge on any atom is -0.465 e. The second kappa shape index (κ2) is 7.26. The minimum atomic E-state index is -0.342. The van der Waals surface area contributed by atoms with Gasteiger partial charge in [0.25, 0.3) is 0 Å². The fraction of sp³-hybridized carbons (Fsp3) is 0.533. The number of hydrogen-bond donors (Lipinski definition) is 0. The van der Waals surface area contributed by atoms with E-state index in [0.717, 1.165) is 5.56 Å². The molecule has 0 saturated heterocycles. The molecule has 19 heavy (non-hydrogen) atoms.